The molecule has 31 heavy (non-hydrogen) atoms. The zero-order valence-corrected chi connectivity index (χ0v) is 19.1. The lowest BCUT2D eigenvalue weighted by Crippen LogP contribution is -2.48. The molecule has 1 aliphatic heterocycles. The highest BCUT2D eigenvalue weighted by Gasteiger charge is 2.22. The third-order valence-electron chi connectivity index (χ3n) is 5.23. The van der Waals surface area contributed by atoms with Gasteiger partial charge in [-0.05, 0) is 42.5 Å². The Labute approximate surface area is 190 Å². The molecule has 4 rings (SSSR count). The van der Waals surface area contributed by atoms with Crippen molar-refractivity contribution < 1.29 is 17.6 Å². The van der Waals surface area contributed by atoms with E-state index in [9.17, 15) is 13.2 Å². The summed E-state index contributed by atoms with van der Waals surface area (Å²) in [5, 5.41) is 0.308. The van der Waals surface area contributed by atoms with E-state index in [1.54, 1.807) is 52.8 Å². The van der Waals surface area contributed by atoms with E-state index in [-0.39, 0.29) is 15.6 Å². The summed E-state index contributed by atoms with van der Waals surface area (Å²) in [6.07, 6.45) is 0. The fourth-order valence-electron chi connectivity index (χ4n) is 3.49. The average Bonchev–Trinajstić information content (AvgIpc) is 3.04. The van der Waals surface area contributed by atoms with Gasteiger partial charge in [-0.25, -0.2) is 8.42 Å². The number of anilines is 1. The zero-order chi connectivity index (χ0) is 22.2. The van der Waals surface area contributed by atoms with E-state index in [2.05, 4.69) is 9.62 Å². The van der Waals surface area contributed by atoms with E-state index < -0.39 is 10.0 Å². The van der Waals surface area contributed by atoms with Crippen molar-refractivity contribution in [3.05, 3.63) is 52.3 Å². The highest BCUT2D eigenvalue weighted by molar-refractivity contribution is 7.92. The van der Waals surface area contributed by atoms with Gasteiger partial charge >= 0.3 is 0 Å². The second-order valence-corrected chi connectivity index (χ2v) is 9.72. The van der Waals surface area contributed by atoms with Crippen molar-refractivity contribution in [2.24, 2.45) is 0 Å². The molecule has 2 aromatic carbocycles. The molecule has 0 bridgehead atoms. The fourth-order valence-corrected chi connectivity index (χ4v) is 5.08. The molecule has 164 valence electrons. The van der Waals surface area contributed by atoms with Crippen LogP contribution in [0.3, 0.4) is 0 Å². The number of fused-ring (bicyclic) bond motifs is 1. The van der Waals surface area contributed by atoms with Crippen molar-refractivity contribution in [2.75, 3.05) is 30.9 Å². The minimum atomic E-state index is -3.87. The standard InChI is InChI=1S/C20H21ClN4O4S2/c1-14(26)24-10-8-23(9-11-24)13-25-18-12-15(6-7-19(18)29-20(25)30)31(27,28)22-17-5-3-2-4-16(17)21/h2-7,12,22H,8-11,13H2,1H3. The molecule has 0 spiro atoms. The van der Waals surface area contributed by atoms with Crippen molar-refractivity contribution in [1.29, 1.82) is 0 Å². The molecule has 0 atom stereocenters. The summed E-state index contributed by atoms with van der Waals surface area (Å²) < 4.78 is 35.8. The molecule has 2 heterocycles. The lowest BCUT2D eigenvalue weighted by Gasteiger charge is -2.34. The van der Waals surface area contributed by atoms with Crippen molar-refractivity contribution in [1.82, 2.24) is 14.4 Å². The molecule has 1 aliphatic rings. The number of piperazine rings is 1. The number of halogens is 1. The van der Waals surface area contributed by atoms with Gasteiger partial charge in [0.15, 0.2) is 5.58 Å². The van der Waals surface area contributed by atoms with E-state index >= 15 is 0 Å². The molecule has 1 fully saturated rings. The quantitative estimate of drug-likeness (QED) is 0.562. The monoisotopic (exact) mass is 480 g/mol. The number of rotatable bonds is 5. The van der Waals surface area contributed by atoms with Crippen LogP contribution in [0.25, 0.3) is 11.1 Å². The number of hydrogen-bond acceptors (Lipinski definition) is 6. The first-order valence-corrected chi connectivity index (χ1v) is 11.9. The van der Waals surface area contributed by atoms with Crippen molar-refractivity contribution >= 4 is 56.5 Å². The molecule has 0 aliphatic carbocycles. The third-order valence-corrected chi connectivity index (χ3v) is 7.22. The highest BCUT2D eigenvalue weighted by Crippen LogP contribution is 2.27. The number of oxazole rings is 1. The lowest BCUT2D eigenvalue weighted by molar-refractivity contribution is -0.130. The highest BCUT2D eigenvalue weighted by atomic mass is 35.5. The van der Waals surface area contributed by atoms with Gasteiger partial charge in [0.05, 0.1) is 27.8 Å². The maximum atomic E-state index is 12.9. The number of sulfonamides is 1. The van der Waals surface area contributed by atoms with Gasteiger partial charge in [0.1, 0.15) is 0 Å². The lowest BCUT2D eigenvalue weighted by atomic mass is 10.3. The van der Waals surface area contributed by atoms with Crippen LogP contribution in [0.2, 0.25) is 5.02 Å². The number of carbonyl (C=O) groups is 1. The van der Waals surface area contributed by atoms with Gasteiger partial charge < -0.3 is 9.32 Å². The minimum absolute atomic E-state index is 0.0610. The Morgan fingerprint density at radius 2 is 1.87 bits per heavy atom. The van der Waals surface area contributed by atoms with Gasteiger partial charge in [-0.2, -0.15) is 0 Å². The Balaban J connectivity index is 1.61. The van der Waals surface area contributed by atoms with E-state index in [1.165, 1.54) is 6.07 Å². The number of nitrogens with zero attached hydrogens (tertiary/aromatic N) is 3. The summed E-state index contributed by atoms with van der Waals surface area (Å²) in [6.45, 7) is 4.67. The van der Waals surface area contributed by atoms with Crippen LogP contribution >= 0.6 is 23.8 Å². The first kappa shape index (κ1) is 21.8. The molecular weight excluding hydrogens is 460 g/mol. The summed E-state index contributed by atoms with van der Waals surface area (Å²) in [4.78, 5) is 15.8. The van der Waals surface area contributed by atoms with Crippen LogP contribution in [0, 0.1) is 4.84 Å². The van der Waals surface area contributed by atoms with Crippen LogP contribution in [-0.2, 0) is 21.5 Å². The summed E-state index contributed by atoms with van der Waals surface area (Å²) in [6, 6.07) is 11.2. The Bertz CT molecular complexity index is 1290. The third kappa shape index (κ3) is 4.62. The van der Waals surface area contributed by atoms with Crippen LogP contribution in [0.5, 0.6) is 0 Å². The molecule has 1 amide bonds. The molecule has 0 saturated carbocycles. The Morgan fingerprint density at radius 3 is 2.55 bits per heavy atom. The van der Waals surface area contributed by atoms with Crippen LogP contribution in [0.4, 0.5) is 5.69 Å². The predicted octanol–water partition coefficient (Wildman–Crippen LogP) is 3.54. The van der Waals surface area contributed by atoms with Gasteiger partial charge in [-0.1, -0.05) is 23.7 Å². The van der Waals surface area contributed by atoms with E-state index in [4.69, 9.17) is 28.2 Å². The smallest absolute Gasteiger partial charge is 0.270 e. The fraction of sp³-hybridized carbons (Fsp3) is 0.300. The molecule has 3 aromatic rings. The first-order chi connectivity index (χ1) is 14.7. The Kier molecular flexibility index (Phi) is 6.07. The van der Waals surface area contributed by atoms with Gasteiger partial charge in [0.2, 0.25) is 5.91 Å². The molecule has 1 aromatic heterocycles. The van der Waals surface area contributed by atoms with Gasteiger partial charge in [0, 0.05) is 33.1 Å². The summed E-state index contributed by atoms with van der Waals surface area (Å²) in [7, 11) is -3.87. The maximum Gasteiger partial charge on any atom is 0.270 e. The predicted molar refractivity (Wildman–Crippen MR) is 121 cm³/mol. The molecule has 0 unspecified atom stereocenters. The van der Waals surface area contributed by atoms with E-state index in [0.29, 0.717) is 54.7 Å². The van der Waals surface area contributed by atoms with Gasteiger partial charge in [-0.3, -0.25) is 19.0 Å². The molecule has 11 heteroatoms. The summed E-state index contributed by atoms with van der Waals surface area (Å²) in [5.74, 6) is 0.0610. The number of para-hydroxylation sites is 1. The summed E-state index contributed by atoms with van der Waals surface area (Å²) in [5.41, 5.74) is 1.39. The van der Waals surface area contributed by atoms with Crippen molar-refractivity contribution in [2.45, 2.75) is 18.5 Å². The second-order valence-electron chi connectivity index (χ2n) is 7.28. The van der Waals surface area contributed by atoms with Crippen LogP contribution in [-0.4, -0.2) is 54.9 Å². The SMILES string of the molecule is CC(=O)N1CCN(Cn2c(=S)oc3ccc(S(=O)(=O)Nc4ccccc4Cl)cc32)CC1. The summed E-state index contributed by atoms with van der Waals surface area (Å²) >= 11 is 11.5. The van der Waals surface area contributed by atoms with Crippen LogP contribution in [0.1, 0.15) is 6.92 Å². The van der Waals surface area contributed by atoms with E-state index in [1.807, 2.05) is 0 Å². The van der Waals surface area contributed by atoms with Crippen molar-refractivity contribution in [3.8, 4) is 0 Å². The number of benzene rings is 2. The Morgan fingerprint density at radius 1 is 1.16 bits per heavy atom. The molecule has 1 saturated heterocycles. The largest absolute Gasteiger partial charge is 0.429 e. The normalized spacial score (nSPS) is 15.4. The van der Waals surface area contributed by atoms with Gasteiger partial charge in [-0.15, -0.1) is 0 Å². The average molecular weight is 481 g/mol. The zero-order valence-electron chi connectivity index (χ0n) is 16.7. The van der Waals surface area contributed by atoms with Crippen LogP contribution in [0.15, 0.2) is 51.8 Å². The van der Waals surface area contributed by atoms with Crippen LogP contribution < -0.4 is 4.72 Å². The second kappa shape index (κ2) is 8.62. The number of nitrogens with one attached hydrogen (secondary N) is 1. The molecular formula is C20H21ClN4O4S2. The number of carbonyl (C=O) groups excluding carboxylic acids is 1. The number of amides is 1. The topological polar surface area (TPSA) is 87.8 Å². The molecule has 1 N–H and O–H groups in total. The number of hydrogen-bond donors (Lipinski definition) is 1. The molecule has 0 radical (unpaired) electrons. The van der Waals surface area contributed by atoms with E-state index in [0.717, 1.165) is 0 Å². The first-order valence-electron chi connectivity index (χ1n) is 9.63. The van der Waals surface area contributed by atoms with Gasteiger partial charge in [0.25, 0.3) is 14.9 Å². The number of aromatic nitrogens is 1. The maximum absolute atomic E-state index is 12.9. The Hall–Kier alpha value is -2.40. The van der Waals surface area contributed by atoms with Crippen molar-refractivity contribution in [3.63, 3.8) is 0 Å². The minimum Gasteiger partial charge on any atom is -0.429 e. The molecule has 8 nitrogen and oxygen atoms in total.